The van der Waals surface area contributed by atoms with Gasteiger partial charge in [0, 0.05) is 23.6 Å². The van der Waals surface area contributed by atoms with Crippen LogP contribution in [0.5, 0.6) is 5.75 Å². The van der Waals surface area contributed by atoms with Crippen LogP contribution in [0.25, 0.3) is 0 Å². The van der Waals surface area contributed by atoms with E-state index < -0.39 is 11.0 Å². The van der Waals surface area contributed by atoms with E-state index in [-0.39, 0.29) is 34.7 Å². The monoisotopic (exact) mass is 439 g/mol. The summed E-state index contributed by atoms with van der Waals surface area (Å²) >= 11 is 1.61. The molecule has 2 unspecified atom stereocenters. The Balaban J connectivity index is 1.35. The first-order chi connectivity index (χ1) is 14.9. The molecule has 0 aromatic heterocycles. The predicted molar refractivity (Wildman–Crippen MR) is 116 cm³/mol. The zero-order chi connectivity index (χ0) is 22.0. The molecular weight excluding hydrogens is 418 g/mol. The van der Waals surface area contributed by atoms with Crippen molar-refractivity contribution < 1.29 is 19.2 Å². The molecule has 8 nitrogen and oxygen atoms in total. The maximum Gasteiger partial charge on any atom is 0.269 e. The van der Waals surface area contributed by atoms with E-state index in [9.17, 15) is 19.7 Å². The molecule has 1 saturated heterocycles. The van der Waals surface area contributed by atoms with E-state index in [0.29, 0.717) is 12.2 Å². The lowest BCUT2D eigenvalue weighted by Gasteiger charge is -2.49. The fraction of sp³-hybridized carbons (Fsp3) is 0.273. The Morgan fingerprint density at radius 1 is 1.19 bits per heavy atom. The number of thioether (sulfide) groups is 1. The highest BCUT2D eigenvalue weighted by Crippen LogP contribution is 2.41. The zero-order valence-corrected chi connectivity index (χ0v) is 17.6. The van der Waals surface area contributed by atoms with Crippen molar-refractivity contribution in [1.82, 2.24) is 10.2 Å². The van der Waals surface area contributed by atoms with Crippen LogP contribution < -0.4 is 10.1 Å². The zero-order valence-electron chi connectivity index (χ0n) is 16.8. The number of hydrogen-bond acceptors (Lipinski definition) is 6. The van der Waals surface area contributed by atoms with Gasteiger partial charge in [0.05, 0.1) is 4.92 Å². The molecule has 2 aromatic rings. The average molecular weight is 439 g/mol. The number of para-hydroxylation sites is 1. The summed E-state index contributed by atoms with van der Waals surface area (Å²) in [5, 5.41) is 13.5. The average Bonchev–Trinajstić information content (AvgIpc) is 2.78. The van der Waals surface area contributed by atoms with E-state index in [4.69, 9.17) is 4.74 Å². The molecule has 0 saturated carbocycles. The van der Waals surface area contributed by atoms with Gasteiger partial charge in [-0.2, -0.15) is 0 Å². The minimum absolute atomic E-state index is 0.0589. The van der Waals surface area contributed by atoms with E-state index in [1.54, 1.807) is 40.9 Å². The van der Waals surface area contributed by atoms with Gasteiger partial charge >= 0.3 is 0 Å². The standard InChI is InChI=1S/C22H21N3O5S/c1-14-12-24-21(27)20(23-19(26)13-30-17-5-3-2-4-6-17)22(24)31-18(14)11-15-7-9-16(10-8-15)25(28)29/h2-10,12,18,20,22H,11,13H2,1H3,(H,23,26)/t18?,20?,22-/m1/s1. The van der Waals surface area contributed by atoms with Gasteiger partial charge in [-0.05, 0) is 36.6 Å². The fourth-order valence-corrected chi connectivity index (χ4v) is 5.07. The molecule has 0 radical (unpaired) electrons. The Labute approximate surface area is 183 Å². The van der Waals surface area contributed by atoms with Gasteiger partial charge in [-0.15, -0.1) is 11.8 Å². The minimum Gasteiger partial charge on any atom is -0.484 e. The third-order valence-corrected chi connectivity index (χ3v) is 6.88. The first-order valence-electron chi connectivity index (χ1n) is 9.79. The van der Waals surface area contributed by atoms with E-state index in [0.717, 1.165) is 11.1 Å². The number of nitro groups is 1. The van der Waals surface area contributed by atoms with Crippen molar-refractivity contribution in [3.8, 4) is 5.75 Å². The normalized spacial score (nSPS) is 22.1. The number of benzene rings is 2. The van der Waals surface area contributed by atoms with Gasteiger partial charge in [-0.1, -0.05) is 30.3 Å². The molecule has 2 aliphatic heterocycles. The van der Waals surface area contributed by atoms with E-state index in [1.165, 1.54) is 12.1 Å². The molecule has 0 bridgehead atoms. The highest BCUT2D eigenvalue weighted by molar-refractivity contribution is 8.00. The summed E-state index contributed by atoms with van der Waals surface area (Å²) in [6, 6.07) is 14.9. The van der Waals surface area contributed by atoms with Gasteiger partial charge in [-0.3, -0.25) is 19.7 Å². The van der Waals surface area contributed by atoms with E-state index in [2.05, 4.69) is 5.32 Å². The predicted octanol–water partition coefficient (Wildman–Crippen LogP) is 2.89. The molecule has 3 atom stereocenters. The van der Waals surface area contributed by atoms with Crippen molar-refractivity contribution in [3.05, 3.63) is 82.0 Å². The molecule has 2 heterocycles. The summed E-state index contributed by atoms with van der Waals surface area (Å²) in [4.78, 5) is 36.8. The second-order valence-corrected chi connectivity index (χ2v) is 8.73. The highest BCUT2D eigenvalue weighted by Gasteiger charge is 2.50. The molecule has 31 heavy (non-hydrogen) atoms. The van der Waals surface area contributed by atoms with Crippen LogP contribution in [0.1, 0.15) is 12.5 Å². The molecule has 4 rings (SSSR count). The van der Waals surface area contributed by atoms with Gasteiger partial charge in [0.25, 0.3) is 17.5 Å². The van der Waals surface area contributed by atoms with Crippen LogP contribution in [-0.2, 0) is 16.0 Å². The second kappa shape index (κ2) is 8.81. The Hall–Kier alpha value is -3.33. The van der Waals surface area contributed by atoms with E-state index in [1.807, 2.05) is 31.3 Å². The summed E-state index contributed by atoms with van der Waals surface area (Å²) in [6.07, 6.45) is 2.52. The smallest absolute Gasteiger partial charge is 0.269 e. The lowest BCUT2D eigenvalue weighted by molar-refractivity contribution is -0.384. The fourth-order valence-electron chi connectivity index (χ4n) is 3.54. The van der Waals surface area contributed by atoms with Crippen LogP contribution in [0.2, 0.25) is 0 Å². The SMILES string of the molecule is CC1=CN2C(=O)C(NC(=O)COc3ccccc3)[C@H]2SC1Cc1ccc([N+](=O)[O-])cc1. The number of hydrogen-bond donors (Lipinski definition) is 1. The van der Waals surface area contributed by atoms with Crippen molar-refractivity contribution in [2.24, 2.45) is 0 Å². The van der Waals surface area contributed by atoms with Gasteiger partial charge in [0.15, 0.2) is 6.61 Å². The summed E-state index contributed by atoms with van der Waals surface area (Å²) in [5.41, 5.74) is 2.08. The Bertz CT molecular complexity index is 1030. The number of non-ortho nitro benzene ring substituents is 1. The quantitative estimate of drug-likeness (QED) is 0.404. The van der Waals surface area contributed by atoms with Crippen LogP contribution in [0, 0.1) is 10.1 Å². The van der Waals surface area contributed by atoms with Gasteiger partial charge in [0.1, 0.15) is 17.2 Å². The Morgan fingerprint density at radius 3 is 2.58 bits per heavy atom. The summed E-state index contributed by atoms with van der Waals surface area (Å²) in [6.45, 7) is 1.80. The summed E-state index contributed by atoms with van der Waals surface area (Å²) in [5.74, 6) is 0.104. The van der Waals surface area contributed by atoms with Crippen molar-refractivity contribution in [3.63, 3.8) is 0 Å². The number of carbonyl (C=O) groups is 2. The van der Waals surface area contributed by atoms with Gasteiger partial charge in [0.2, 0.25) is 0 Å². The maximum absolute atomic E-state index is 12.5. The first kappa shape index (κ1) is 20.9. The van der Waals surface area contributed by atoms with Crippen molar-refractivity contribution in [1.29, 1.82) is 0 Å². The molecule has 2 amide bonds. The number of nitrogens with zero attached hydrogens (tertiary/aromatic N) is 2. The van der Waals surface area contributed by atoms with Crippen molar-refractivity contribution in [2.75, 3.05) is 6.61 Å². The first-order valence-corrected chi connectivity index (χ1v) is 10.7. The van der Waals surface area contributed by atoms with Crippen LogP contribution in [-0.4, -0.2) is 44.9 Å². The number of carbonyl (C=O) groups excluding carboxylic acids is 2. The van der Waals surface area contributed by atoms with Crippen molar-refractivity contribution in [2.45, 2.75) is 30.0 Å². The molecule has 2 aliphatic rings. The number of amides is 2. The summed E-state index contributed by atoms with van der Waals surface area (Å²) < 4.78 is 5.45. The second-order valence-electron chi connectivity index (χ2n) is 7.41. The largest absolute Gasteiger partial charge is 0.484 e. The lowest BCUT2D eigenvalue weighted by atomic mass is 10.0. The highest BCUT2D eigenvalue weighted by atomic mass is 32.2. The molecule has 9 heteroatoms. The molecule has 0 spiro atoms. The van der Waals surface area contributed by atoms with Crippen LogP contribution >= 0.6 is 11.8 Å². The van der Waals surface area contributed by atoms with Gasteiger partial charge in [-0.25, -0.2) is 0 Å². The third-order valence-electron chi connectivity index (χ3n) is 5.23. The molecule has 2 aromatic carbocycles. The number of ether oxygens (including phenoxy) is 1. The maximum atomic E-state index is 12.5. The van der Waals surface area contributed by atoms with Gasteiger partial charge < -0.3 is 15.0 Å². The molecule has 0 aliphatic carbocycles. The number of nitro benzene ring substituents is 1. The molecule has 1 fully saturated rings. The van der Waals surface area contributed by atoms with Crippen LogP contribution in [0.3, 0.4) is 0 Å². The van der Waals surface area contributed by atoms with Crippen molar-refractivity contribution >= 4 is 29.3 Å². The number of nitrogens with one attached hydrogen (secondary N) is 1. The minimum atomic E-state index is -0.597. The van der Waals surface area contributed by atoms with Crippen LogP contribution in [0.15, 0.2) is 66.4 Å². The van der Waals surface area contributed by atoms with E-state index >= 15 is 0 Å². The Kier molecular flexibility index (Phi) is 5.94. The molecule has 160 valence electrons. The number of β-lactam (4-membered cyclic amide) rings is 1. The number of rotatable bonds is 7. The number of fused-ring (bicyclic) bond motifs is 1. The molecule has 1 N–H and O–H groups in total. The lowest BCUT2D eigenvalue weighted by Crippen LogP contribution is -2.69. The Morgan fingerprint density at radius 2 is 1.90 bits per heavy atom. The molecular formula is C22H21N3O5S. The summed E-state index contributed by atoms with van der Waals surface area (Å²) in [7, 11) is 0. The third kappa shape index (κ3) is 4.56. The van der Waals surface area contributed by atoms with Crippen LogP contribution in [0.4, 0.5) is 5.69 Å². The topological polar surface area (TPSA) is 102 Å².